The van der Waals surface area contributed by atoms with Gasteiger partial charge in [-0.25, -0.2) is 9.78 Å². The van der Waals surface area contributed by atoms with E-state index >= 15 is 0 Å². The Hall–Kier alpha value is -3.99. The van der Waals surface area contributed by atoms with Crippen LogP contribution in [-0.4, -0.2) is 24.0 Å². The van der Waals surface area contributed by atoms with Crippen LogP contribution in [0, 0.1) is 6.92 Å². The number of aryl methyl sites for hydroxylation is 1. The fourth-order valence-electron chi connectivity index (χ4n) is 3.36. The Morgan fingerprint density at radius 3 is 2.50 bits per heavy atom. The lowest BCUT2D eigenvalue weighted by molar-refractivity contribution is 0.0600. The summed E-state index contributed by atoms with van der Waals surface area (Å²) in [4.78, 5) is 29.7. The van der Waals surface area contributed by atoms with E-state index in [0.29, 0.717) is 16.8 Å². The van der Waals surface area contributed by atoms with Crippen LogP contribution < -0.4 is 5.32 Å². The first kappa shape index (κ1) is 19.3. The minimum absolute atomic E-state index is 0.274. The fourth-order valence-corrected chi connectivity index (χ4v) is 3.36. The van der Waals surface area contributed by atoms with Crippen LogP contribution in [0.2, 0.25) is 0 Å². The number of benzene rings is 3. The van der Waals surface area contributed by atoms with Crippen molar-refractivity contribution in [2.24, 2.45) is 0 Å². The normalized spacial score (nSPS) is 10.6. The molecule has 0 aliphatic carbocycles. The van der Waals surface area contributed by atoms with Gasteiger partial charge in [-0.3, -0.25) is 4.79 Å². The molecule has 1 N–H and O–H groups in total. The average Bonchev–Trinajstić information content (AvgIpc) is 2.78. The van der Waals surface area contributed by atoms with Crippen LogP contribution in [-0.2, 0) is 4.74 Å². The van der Waals surface area contributed by atoms with Gasteiger partial charge in [0.2, 0.25) is 0 Å². The van der Waals surface area contributed by atoms with Gasteiger partial charge in [0.1, 0.15) is 0 Å². The molecule has 0 bridgehead atoms. The zero-order chi connectivity index (χ0) is 21.1. The van der Waals surface area contributed by atoms with E-state index < -0.39 is 5.97 Å². The quantitative estimate of drug-likeness (QED) is 0.479. The van der Waals surface area contributed by atoms with E-state index in [-0.39, 0.29) is 5.91 Å². The maximum Gasteiger partial charge on any atom is 0.337 e. The topological polar surface area (TPSA) is 68.3 Å². The SMILES string of the molecule is COC(=O)c1cccc(NC(=O)c2cc(-c3cccc(C)c3)nc3ccccc23)c1. The van der Waals surface area contributed by atoms with Gasteiger partial charge >= 0.3 is 5.97 Å². The Morgan fingerprint density at radius 1 is 0.900 bits per heavy atom. The van der Waals surface area contributed by atoms with Gasteiger partial charge in [0.05, 0.1) is 29.4 Å². The van der Waals surface area contributed by atoms with Crippen molar-refractivity contribution >= 4 is 28.5 Å². The summed E-state index contributed by atoms with van der Waals surface area (Å²) in [6, 6.07) is 24.0. The second kappa shape index (κ2) is 8.17. The Kier molecular flexibility index (Phi) is 5.26. The average molecular weight is 396 g/mol. The third kappa shape index (κ3) is 3.91. The van der Waals surface area contributed by atoms with E-state index in [9.17, 15) is 9.59 Å². The van der Waals surface area contributed by atoms with Crippen LogP contribution in [0.4, 0.5) is 5.69 Å². The number of anilines is 1. The zero-order valence-corrected chi connectivity index (χ0v) is 16.7. The molecule has 0 fully saturated rings. The lowest BCUT2D eigenvalue weighted by Crippen LogP contribution is -2.13. The summed E-state index contributed by atoms with van der Waals surface area (Å²) in [6.07, 6.45) is 0. The number of hydrogen-bond acceptors (Lipinski definition) is 4. The first-order valence-electron chi connectivity index (χ1n) is 9.52. The summed E-state index contributed by atoms with van der Waals surface area (Å²) in [6.45, 7) is 2.02. The third-order valence-electron chi connectivity index (χ3n) is 4.82. The first-order chi connectivity index (χ1) is 14.5. The van der Waals surface area contributed by atoms with Crippen LogP contribution in [0.1, 0.15) is 26.3 Å². The van der Waals surface area contributed by atoms with Gasteiger partial charge in [-0.1, -0.05) is 48.0 Å². The van der Waals surface area contributed by atoms with Crippen molar-refractivity contribution < 1.29 is 14.3 Å². The third-order valence-corrected chi connectivity index (χ3v) is 4.82. The lowest BCUT2D eigenvalue weighted by Gasteiger charge is -2.11. The smallest absolute Gasteiger partial charge is 0.337 e. The lowest BCUT2D eigenvalue weighted by atomic mass is 10.0. The number of esters is 1. The molecule has 1 heterocycles. The molecular weight excluding hydrogens is 376 g/mol. The summed E-state index contributed by atoms with van der Waals surface area (Å²) in [5.41, 5.74) is 4.93. The first-order valence-corrected chi connectivity index (χ1v) is 9.52. The number of ether oxygens (including phenoxy) is 1. The molecule has 1 aromatic heterocycles. The van der Waals surface area contributed by atoms with Crippen molar-refractivity contribution in [3.63, 3.8) is 0 Å². The maximum atomic E-state index is 13.2. The van der Waals surface area contributed by atoms with Gasteiger partial charge in [-0.2, -0.15) is 0 Å². The van der Waals surface area contributed by atoms with Crippen molar-refractivity contribution in [1.29, 1.82) is 0 Å². The van der Waals surface area contributed by atoms with Gasteiger partial charge in [-0.15, -0.1) is 0 Å². The van der Waals surface area contributed by atoms with Crippen molar-refractivity contribution in [3.05, 3.63) is 95.6 Å². The van der Waals surface area contributed by atoms with Gasteiger partial charge in [-0.05, 0) is 43.3 Å². The number of amides is 1. The monoisotopic (exact) mass is 396 g/mol. The number of rotatable bonds is 4. The Balaban J connectivity index is 1.76. The van der Waals surface area contributed by atoms with Crippen molar-refractivity contribution in [1.82, 2.24) is 4.98 Å². The Bertz CT molecular complexity index is 1260. The zero-order valence-electron chi connectivity index (χ0n) is 16.7. The van der Waals surface area contributed by atoms with Gasteiger partial charge in [0.15, 0.2) is 0 Å². The predicted octanol–water partition coefficient (Wildman–Crippen LogP) is 5.25. The van der Waals surface area contributed by atoms with Crippen molar-refractivity contribution in [2.45, 2.75) is 6.92 Å². The second-order valence-electron chi connectivity index (χ2n) is 6.97. The van der Waals surface area contributed by atoms with E-state index in [4.69, 9.17) is 9.72 Å². The van der Waals surface area contributed by atoms with Crippen LogP contribution in [0.25, 0.3) is 22.2 Å². The molecule has 0 radical (unpaired) electrons. The summed E-state index contributed by atoms with van der Waals surface area (Å²) >= 11 is 0. The number of carbonyl (C=O) groups excluding carboxylic acids is 2. The fraction of sp³-hybridized carbons (Fsp3) is 0.0800. The summed E-state index contributed by atoms with van der Waals surface area (Å²) in [5, 5.41) is 3.65. The summed E-state index contributed by atoms with van der Waals surface area (Å²) < 4.78 is 4.75. The molecule has 5 nitrogen and oxygen atoms in total. The van der Waals surface area contributed by atoms with E-state index in [1.807, 2.05) is 55.5 Å². The molecular formula is C25H20N2O3. The minimum Gasteiger partial charge on any atom is -0.465 e. The molecule has 0 spiro atoms. The number of nitrogens with one attached hydrogen (secondary N) is 1. The van der Waals surface area contributed by atoms with Gasteiger partial charge in [0.25, 0.3) is 5.91 Å². The maximum absolute atomic E-state index is 13.2. The summed E-state index contributed by atoms with van der Waals surface area (Å²) in [7, 11) is 1.32. The number of pyridine rings is 1. The largest absolute Gasteiger partial charge is 0.465 e. The molecule has 0 saturated heterocycles. The van der Waals surface area contributed by atoms with Crippen LogP contribution in [0.15, 0.2) is 78.9 Å². The molecule has 148 valence electrons. The van der Waals surface area contributed by atoms with E-state index in [1.54, 1.807) is 30.3 Å². The molecule has 0 unspecified atom stereocenters. The highest BCUT2D eigenvalue weighted by molar-refractivity contribution is 6.13. The van der Waals surface area contributed by atoms with Crippen molar-refractivity contribution in [2.75, 3.05) is 12.4 Å². The number of fused-ring (bicyclic) bond motifs is 1. The van der Waals surface area contributed by atoms with Gasteiger partial charge < -0.3 is 10.1 Å². The summed E-state index contributed by atoms with van der Waals surface area (Å²) in [5.74, 6) is -0.730. The Morgan fingerprint density at radius 2 is 1.70 bits per heavy atom. The van der Waals surface area contributed by atoms with E-state index in [2.05, 4.69) is 5.32 Å². The van der Waals surface area contributed by atoms with Crippen molar-refractivity contribution in [3.8, 4) is 11.3 Å². The molecule has 0 saturated carbocycles. The minimum atomic E-state index is -0.456. The van der Waals surface area contributed by atoms with Crippen LogP contribution in [0.3, 0.4) is 0 Å². The number of nitrogens with zero attached hydrogens (tertiary/aromatic N) is 1. The van der Waals surface area contributed by atoms with Crippen LogP contribution >= 0.6 is 0 Å². The number of hydrogen-bond donors (Lipinski definition) is 1. The second-order valence-corrected chi connectivity index (χ2v) is 6.97. The molecule has 0 aliphatic rings. The molecule has 5 heteroatoms. The number of carbonyl (C=O) groups is 2. The van der Waals surface area contributed by atoms with E-state index in [1.165, 1.54) is 7.11 Å². The van der Waals surface area contributed by atoms with Gasteiger partial charge in [0, 0.05) is 16.6 Å². The van der Waals surface area contributed by atoms with Crippen LogP contribution in [0.5, 0.6) is 0 Å². The molecule has 30 heavy (non-hydrogen) atoms. The molecule has 1 amide bonds. The molecule has 0 aliphatic heterocycles. The highest BCUT2D eigenvalue weighted by atomic mass is 16.5. The Labute approximate surface area is 174 Å². The number of methoxy groups -OCH3 is 1. The highest BCUT2D eigenvalue weighted by Gasteiger charge is 2.15. The standard InChI is InChI=1S/C25H20N2O3/c1-16-7-5-8-17(13-16)23-15-21(20-11-3-4-12-22(20)27-23)24(28)26-19-10-6-9-18(14-19)25(29)30-2/h3-15H,1-2H3,(H,26,28). The number of aromatic nitrogens is 1. The molecule has 4 aromatic rings. The number of para-hydroxylation sites is 1. The molecule has 4 rings (SSSR count). The molecule has 0 atom stereocenters. The highest BCUT2D eigenvalue weighted by Crippen LogP contribution is 2.26. The van der Waals surface area contributed by atoms with E-state index in [0.717, 1.165) is 27.7 Å². The molecule has 3 aromatic carbocycles. The predicted molar refractivity (Wildman–Crippen MR) is 118 cm³/mol.